The molecule has 0 atom stereocenters. The molecule has 0 saturated carbocycles. The van der Waals surface area contributed by atoms with Crippen LogP contribution in [0.2, 0.25) is 0 Å². The predicted octanol–water partition coefficient (Wildman–Crippen LogP) is 2.37. The third-order valence-electron chi connectivity index (χ3n) is 3.20. The quantitative estimate of drug-likeness (QED) is 0.544. The first kappa shape index (κ1) is 11.6. The Morgan fingerprint density at radius 2 is 1.84 bits per heavy atom. The van der Waals surface area contributed by atoms with Crippen molar-refractivity contribution < 1.29 is 9.72 Å². The van der Waals surface area contributed by atoms with Gasteiger partial charge in [0.15, 0.2) is 0 Å². The van der Waals surface area contributed by atoms with Gasteiger partial charge >= 0.3 is 0 Å². The molecule has 3 rings (SSSR count). The molecule has 0 fully saturated rings. The lowest BCUT2D eigenvalue weighted by Gasteiger charge is -2.06. The normalized spacial score (nSPS) is 11.0. The predicted molar refractivity (Wildman–Crippen MR) is 78.0 cm³/mol. The maximum absolute atomic E-state index is 6.25. The number of hydrogen-bond acceptors (Lipinski definition) is 3. The zero-order valence-electron chi connectivity index (χ0n) is 10.7. The van der Waals surface area contributed by atoms with Crippen LogP contribution in [0.4, 0.5) is 11.4 Å². The number of nitrogen functional groups attached to an aromatic ring is 2. The highest BCUT2D eigenvalue weighted by molar-refractivity contribution is 6.04. The Balaban J connectivity index is 2.33. The molecule has 0 aliphatic carbocycles. The molecule has 0 saturated heterocycles. The van der Waals surface area contributed by atoms with Crippen LogP contribution in [0.15, 0.2) is 36.4 Å². The van der Waals surface area contributed by atoms with Gasteiger partial charge in [-0.3, -0.25) is 0 Å². The Hall–Kier alpha value is -2.49. The highest BCUT2D eigenvalue weighted by Crippen LogP contribution is 2.29. The topological polar surface area (TPSA) is 75.4 Å². The molecule has 4 nitrogen and oxygen atoms in total. The molecule has 5 N–H and O–H groups in total. The molecule has 0 aliphatic heterocycles. The Labute approximate surface area is 111 Å². The second kappa shape index (κ2) is 4.31. The van der Waals surface area contributed by atoms with E-state index in [1.165, 1.54) is 0 Å². The molecule has 19 heavy (non-hydrogen) atoms. The van der Waals surface area contributed by atoms with Gasteiger partial charge in [-0.25, -0.2) is 4.98 Å². The minimum atomic E-state index is 0.638. The summed E-state index contributed by atoms with van der Waals surface area (Å²) in [7, 11) is 0. The molecule has 0 spiro atoms. The number of fused-ring (bicyclic) bond motifs is 2. The second-order valence-corrected chi connectivity index (χ2v) is 4.48. The lowest BCUT2D eigenvalue weighted by molar-refractivity contribution is -0.310. The fourth-order valence-electron chi connectivity index (χ4n) is 2.30. The van der Waals surface area contributed by atoms with Crippen molar-refractivity contribution in [3.05, 3.63) is 36.4 Å². The van der Waals surface area contributed by atoms with E-state index in [4.69, 9.17) is 16.2 Å². The van der Waals surface area contributed by atoms with Crippen LogP contribution in [-0.4, -0.2) is 6.61 Å². The summed E-state index contributed by atoms with van der Waals surface area (Å²) in [6, 6.07) is 11.5. The monoisotopic (exact) mass is 254 g/mol. The van der Waals surface area contributed by atoms with Crippen LogP contribution in [0, 0.1) is 0 Å². The highest BCUT2D eigenvalue weighted by Gasteiger charge is 2.12. The van der Waals surface area contributed by atoms with E-state index >= 15 is 0 Å². The summed E-state index contributed by atoms with van der Waals surface area (Å²) in [5.41, 5.74) is 15.4. The molecule has 3 aromatic rings. The van der Waals surface area contributed by atoms with E-state index in [1.54, 1.807) is 0 Å². The Morgan fingerprint density at radius 1 is 1.00 bits per heavy atom. The number of aromatic amines is 1. The number of H-pyrrole nitrogens is 1. The molecular formula is C15H16N3O+. The van der Waals surface area contributed by atoms with Crippen molar-refractivity contribution in [2.45, 2.75) is 6.92 Å². The molecule has 0 aliphatic rings. The van der Waals surface area contributed by atoms with Gasteiger partial charge < -0.3 is 16.2 Å². The number of nitrogens with two attached hydrogens (primary N) is 2. The average molecular weight is 254 g/mol. The number of nitrogens with one attached hydrogen (secondary N) is 1. The maximum atomic E-state index is 6.25. The number of benzene rings is 2. The zero-order chi connectivity index (χ0) is 13.4. The molecule has 0 amide bonds. The smallest absolute Gasteiger partial charge is 0.215 e. The fourth-order valence-corrected chi connectivity index (χ4v) is 2.30. The Morgan fingerprint density at radius 3 is 2.63 bits per heavy atom. The van der Waals surface area contributed by atoms with Crippen molar-refractivity contribution in [2.24, 2.45) is 0 Å². The van der Waals surface area contributed by atoms with E-state index in [1.807, 2.05) is 43.3 Å². The maximum Gasteiger partial charge on any atom is 0.215 e. The van der Waals surface area contributed by atoms with Crippen molar-refractivity contribution in [1.82, 2.24) is 0 Å². The number of ether oxygens (including phenoxy) is 1. The van der Waals surface area contributed by atoms with Crippen LogP contribution in [0.1, 0.15) is 6.92 Å². The highest BCUT2D eigenvalue weighted by atomic mass is 16.5. The number of anilines is 2. The van der Waals surface area contributed by atoms with E-state index in [-0.39, 0.29) is 0 Å². The summed E-state index contributed by atoms with van der Waals surface area (Å²) in [6.07, 6.45) is 0. The molecule has 4 heteroatoms. The van der Waals surface area contributed by atoms with Crippen LogP contribution in [0.5, 0.6) is 5.75 Å². The van der Waals surface area contributed by atoms with Gasteiger partial charge in [-0.15, -0.1) is 0 Å². The van der Waals surface area contributed by atoms with E-state index < -0.39 is 0 Å². The van der Waals surface area contributed by atoms with Gasteiger partial charge in [0.25, 0.3) is 0 Å². The van der Waals surface area contributed by atoms with E-state index in [0.717, 1.165) is 33.2 Å². The minimum absolute atomic E-state index is 0.638. The minimum Gasteiger partial charge on any atom is -0.494 e. The van der Waals surface area contributed by atoms with Crippen LogP contribution < -0.4 is 21.2 Å². The number of aromatic nitrogens is 1. The van der Waals surface area contributed by atoms with Crippen molar-refractivity contribution in [3.63, 3.8) is 0 Å². The summed E-state index contributed by atoms with van der Waals surface area (Å²) in [5, 5.41) is 1.93. The lowest BCUT2D eigenvalue weighted by atomic mass is 10.1. The van der Waals surface area contributed by atoms with Crippen LogP contribution in [0.25, 0.3) is 21.8 Å². The van der Waals surface area contributed by atoms with Crippen molar-refractivity contribution >= 4 is 33.2 Å². The van der Waals surface area contributed by atoms with Gasteiger partial charge in [0, 0.05) is 17.8 Å². The molecule has 0 radical (unpaired) electrons. The van der Waals surface area contributed by atoms with Gasteiger partial charge in [0.1, 0.15) is 5.75 Å². The first-order valence-electron chi connectivity index (χ1n) is 6.25. The number of rotatable bonds is 2. The third-order valence-corrected chi connectivity index (χ3v) is 3.20. The largest absolute Gasteiger partial charge is 0.494 e. The molecule has 0 bridgehead atoms. The third kappa shape index (κ3) is 1.91. The van der Waals surface area contributed by atoms with Crippen molar-refractivity contribution in [1.29, 1.82) is 0 Å². The molecule has 2 aromatic carbocycles. The summed E-state index contributed by atoms with van der Waals surface area (Å²) in [4.78, 5) is 3.34. The van der Waals surface area contributed by atoms with Gasteiger partial charge in [-0.05, 0) is 31.2 Å². The molecular weight excluding hydrogens is 238 g/mol. The standard InChI is InChI=1S/C15H15N3O/c1-2-19-10-4-6-13-12(8-10)15(17)11-5-3-9(16)7-14(11)18-13/h3-8H,2,16H2,1H3,(H2,17,18)/p+1. The molecule has 96 valence electrons. The summed E-state index contributed by atoms with van der Waals surface area (Å²) >= 11 is 0. The summed E-state index contributed by atoms with van der Waals surface area (Å²) in [6.45, 7) is 2.60. The Kier molecular flexibility index (Phi) is 2.63. The molecule has 0 unspecified atom stereocenters. The van der Waals surface area contributed by atoms with Crippen LogP contribution >= 0.6 is 0 Å². The summed E-state index contributed by atoms with van der Waals surface area (Å²) in [5.74, 6) is 0.824. The second-order valence-electron chi connectivity index (χ2n) is 4.48. The van der Waals surface area contributed by atoms with Crippen molar-refractivity contribution in [3.8, 4) is 5.75 Å². The van der Waals surface area contributed by atoms with Crippen molar-refractivity contribution in [2.75, 3.05) is 18.1 Å². The fraction of sp³-hybridized carbons (Fsp3) is 0.133. The van der Waals surface area contributed by atoms with E-state index in [9.17, 15) is 0 Å². The zero-order valence-corrected chi connectivity index (χ0v) is 10.7. The first-order chi connectivity index (χ1) is 9.19. The van der Waals surface area contributed by atoms with Crippen LogP contribution in [-0.2, 0) is 0 Å². The lowest BCUT2D eigenvalue weighted by Crippen LogP contribution is -2.08. The van der Waals surface area contributed by atoms with E-state index in [0.29, 0.717) is 12.3 Å². The Bertz CT molecular complexity index is 768. The number of hydrogen-bond donors (Lipinski definition) is 2. The van der Waals surface area contributed by atoms with Gasteiger partial charge in [-0.1, -0.05) is 0 Å². The SMILES string of the molecule is CCOc1ccc2[nH+]c3cc(N)ccc3c(N)c2c1. The van der Waals surface area contributed by atoms with Gasteiger partial charge in [-0.2, -0.15) is 0 Å². The molecule has 1 aromatic heterocycles. The van der Waals surface area contributed by atoms with Gasteiger partial charge in [0.2, 0.25) is 11.0 Å². The van der Waals surface area contributed by atoms with Crippen LogP contribution in [0.3, 0.4) is 0 Å². The number of pyridine rings is 1. The average Bonchev–Trinajstić information content (AvgIpc) is 2.40. The van der Waals surface area contributed by atoms with E-state index in [2.05, 4.69) is 4.98 Å². The summed E-state index contributed by atoms with van der Waals surface area (Å²) < 4.78 is 5.51. The van der Waals surface area contributed by atoms with Gasteiger partial charge in [0.05, 0.1) is 23.1 Å². The molecule has 1 heterocycles. The first-order valence-corrected chi connectivity index (χ1v) is 6.25.